The van der Waals surface area contributed by atoms with Gasteiger partial charge in [0.2, 0.25) is 0 Å². The molecule has 2 heterocycles. The summed E-state index contributed by atoms with van der Waals surface area (Å²) < 4.78 is 5.90. The number of para-hydroxylation sites is 1. The number of carbonyl (C=O) groups is 1. The standard InChI is InChI=1S/C20H19N3O2/c1-12-8-9-16-15(10-12)19(22-21-16)20(24)23(3)13(2)18-11-14-6-4-5-7-17(14)25-18/h4-11,13H,1-3H3,(H,21,22). The summed E-state index contributed by atoms with van der Waals surface area (Å²) >= 11 is 0. The maximum Gasteiger partial charge on any atom is 0.275 e. The zero-order valence-electron chi connectivity index (χ0n) is 14.4. The number of aryl methyl sites for hydroxylation is 1. The van der Waals surface area contributed by atoms with E-state index in [0.717, 1.165) is 33.2 Å². The van der Waals surface area contributed by atoms with Crippen LogP contribution in [0.15, 0.2) is 52.9 Å². The van der Waals surface area contributed by atoms with Gasteiger partial charge in [0.15, 0.2) is 5.69 Å². The van der Waals surface area contributed by atoms with Gasteiger partial charge in [-0.25, -0.2) is 0 Å². The Bertz CT molecular complexity index is 1040. The van der Waals surface area contributed by atoms with E-state index in [-0.39, 0.29) is 11.9 Å². The Kier molecular flexibility index (Phi) is 3.57. The zero-order chi connectivity index (χ0) is 17.6. The Morgan fingerprint density at radius 3 is 2.80 bits per heavy atom. The number of aromatic nitrogens is 2. The fourth-order valence-electron chi connectivity index (χ4n) is 3.03. The third-order valence-corrected chi connectivity index (χ3v) is 4.68. The second-order valence-electron chi connectivity index (χ2n) is 6.40. The van der Waals surface area contributed by atoms with Gasteiger partial charge in [0, 0.05) is 17.8 Å². The van der Waals surface area contributed by atoms with Crippen molar-refractivity contribution in [3.8, 4) is 0 Å². The SMILES string of the molecule is Cc1ccc2[nH]nc(C(=O)N(C)C(C)c3cc4ccccc4o3)c2c1. The monoisotopic (exact) mass is 333 g/mol. The normalized spacial score (nSPS) is 12.6. The molecule has 126 valence electrons. The van der Waals surface area contributed by atoms with Crippen molar-refractivity contribution in [2.24, 2.45) is 0 Å². The summed E-state index contributed by atoms with van der Waals surface area (Å²) in [4.78, 5) is 14.6. The topological polar surface area (TPSA) is 62.1 Å². The van der Waals surface area contributed by atoms with Crippen LogP contribution in [0.2, 0.25) is 0 Å². The van der Waals surface area contributed by atoms with Crippen LogP contribution in [0, 0.1) is 6.92 Å². The van der Waals surface area contributed by atoms with Gasteiger partial charge in [-0.3, -0.25) is 9.89 Å². The number of nitrogens with one attached hydrogen (secondary N) is 1. The number of rotatable bonds is 3. The van der Waals surface area contributed by atoms with Crippen LogP contribution in [0.25, 0.3) is 21.9 Å². The summed E-state index contributed by atoms with van der Waals surface area (Å²) in [5.41, 5.74) is 3.21. The van der Waals surface area contributed by atoms with Gasteiger partial charge in [-0.1, -0.05) is 29.8 Å². The van der Waals surface area contributed by atoms with Crippen molar-refractivity contribution in [1.82, 2.24) is 15.1 Å². The molecular formula is C20H19N3O2. The number of hydrogen-bond donors (Lipinski definition) is 1. The number of carbonyl (C=O) groups excluding carboxylic acids is 1. The van der Waals surface area contributed by atoms with Gasteiger partial charge in [-0.15, -0.1) is 0 Å². The first-order valence-corrected chi connectivity index (χ1v) is 8.25. The lowest BCUT2D eigenvalue weighted by Gasteiger charge is -2.22. The van der Waals surface area contributed by atoms with Crippen LogP contribution >= 0.6 is 0 Å². The first-order chi connectivity index (χ1) is 12.0. The van der Waals surface area contributed by atoms with Crippen molar-refractivity contribution < 1.29 is 9.21 Å². The van der Waals surface area contributed by atoms with Crippen LogP contribution in [-0.4, -0.2) is 28.1 Å². The minimum atomic E-state index is -0.198. The summed E-state index contributed by atoms with van der Waals surface area (Å²) in [5, 5.41) is 9.03. The molecule has 0 saturated carbocycles. The Morgan fingerprint density at radius 1 is 1.20 bits per heavy atom. The minimum Gasteiger partial charge on any atom is -0.459 e. The molecule has 0 radical (unpaired) electrons. The smallest absolute Gasteiger partial charge is 0.275 e. The van der Waals surface area contributed by atoms with Crippen LogP contribution in [0.1, 0.15) is 34.8 Å². The van der Waals surface area contributed by atoms with Crippen molar-refractivity contribution in [2.75, 3.05) is 7.05 Å². The molecule has 0 aliphatic heterocycles. The van der Waals surface area contributed by atoms with Crippen LogP contribution in [0.3, 0.4) is 0 Å². The number of nitrogens with zero attached hydrogens (tertiary/aromatic N) is 2. The van der Waals surface area contributed by atoms with E-state index in [4.69, 9.17) is 4.42 Å². The molecule has 2 aromatic carbocycles. The lowest BCUT2D eigenvalue weighted by molar-refractivity contribution is 0.0723. The molecule has 5 nitrogen and oxygen atoms in total. The largest absolute Gasteiger partial charge is 0.459 e. The van der Waals surface area contributed by atoms with E-state index in [9.17, 15) is 4.79 Å². The van der Waals surface area contributed by atoms with Gasteiger partial charge in [0.25, 0.3) is 5.91 Å². The molecule has 0 fully saturated rings. The zero-order valence-corrected chi connectivity index (χ0v) is 14.4. The van der Waals surface area contributed by atoms with E-state index in [1.54, 1.807) is 11.9 Å². The van der Waals surface area contributed by atoms with Gasteiger partial charge >= 0.3 is 0 Å². The highest BCUT2D eigenvalue weighted by Crippen LogP contribution is 2.28. The van der Waals surface area contributed by atoms with Crippen molar-refractivity contribution in [1.29, 1.82) is 0 Å². The summed E-state index contributed by atoms with van der Waals surface area (Å²) in [6.07, 6.45) is 0. The summed E-state index contributed by atoms with van der Waals surface area (Å²) in [6, 6.07) is 15.5. The Hall–Kier alpha value is -3.08. The highest BCUT2D eigenvalue weighted by atomic mass is 16.3. The van der Waals surface area contributed by atoms with E-state index in [0.29, 0.717) is 5.69 Å². The molecule has 1 N–H and O–H groups in total. The fraction of sp³-hybridized carbons (Fsp3) is 0.200. The maximum atomic E-state index is 13.0. The van der Waals surface area contributed by atoms with Gasteiger partial charge in [0.1, 0.15) is 11.3 Å². The molecule has 1 unspecified atom stereocenters. The van der Waals surface area contributed by atoms with E-state index in [1.807, 2.05) is 62.4 Å². The molecule has 5 heteroatoms. The molecule has 0 aliphatic rings. The maximum absolute atomic E-state index is 13.0. The van der Waals surface area contributed by atoms with Crippen LogP contribution in [0.5, 0.6) is 0 Å². The van der Waals surface area contributed by atoms with Crippen LogP contribution in [-0.2, 0) is 0 Å². The predicted molar refractivity (Wildman–Crippen MR) is 97.6 cm³/mol. The second-order valence-corrected chi connectivity index (χ2v) is 6.40. The molecule has 2 aromatic heterocycles. The lowest BCUT2D eigenvalue weighted by atomic mass is 10.1. The van der Waals surface area contributed by atoms with Crippen molar-refractivity contribution in [3.05, 3.63) is 65.5 Å². The quantitative estimate of drug-likeness (QED) is 0.602. The summed E-state index contributed by atoms with van der Waals surface area (Å²) in [5.74, 6) is 0.623. The average molecular weight is 333 g/mol. The third-order valence-electron chi connectivity index (χ3n) is 4.68. The summed E-state index contributed by atoms with van der Waals surface area (Å²) in [6.45, 7) is 3.96. The Morgan fingerprint density at radius 2 is 2.00 bits per heavy atom. The van der Waals surface area contributed by atoms with Crippen molar-refractivity contribution in [3.63, 3.8) is 0 Å². The molecule has 0 bridgehead atoms. The van der Waals surface area contributed by atoms with Gasteiger partial charge in [0.05, 0.1) is 11.6 Å². The second kappa shape index (κ2) is 5.77. The van der Waals surface area contributed by atoms with Gasteiger partial charge < -0.3 is 9.32 Å². The number of fused-ring (bicyclic) bond motifs is 2. The number of hydrogen-bond acceptors (Lipinski definition) is 3. The molecule has 4 aromatic rings. The molecule has 0 saturated heterocycles. The molecule has 25 heavy (non-hydrogen) atoms. The van der Waals surface area contributed by atoms with Gasteiger partial charge in [-0.2, -0.15) is 5.10 Å². The summed E-state index contributed by atoms with van der Waals surface area (Å²) in [7, 11) is 1.77. The Labute approximate surface area is 145 Å². The fourth-order valence-corrected chi connectivity index (χ4v) is 3.03. The molecule has 4 rings (SSSR count). The van der Waals surface area contributed by atoms with Crippen LogP contribution in [0.4, 0.5) is 0 Å². The van der Waals surface area contributed by atoms with E-state index < -0.39 is 0 Å². The van der Waals surface area contributed by atoms with Crippen molar-refractivity contribution in [2.45, 2.75) is 19.9 Å². The number of H-pyrrole nitrogens is 1. The molecule has 0 aliphatic carbocycles. The molecule has 1 atom stereocenters. The molecular weight excluding hydrogens is 314 g/mol. The van der Waals surface area contributed by atoms with Crippen LogP contribution < -0.4 is 0 Å². The third kappa shape index (κ3) is 2.58. The van der Waals surface area contributed by atoms with Crippen molar-refractivity contribution >= 4 is 27.8 Å². The highest BCUT2D eigenvalue weighted by Gasteiger charge is 2.25. The first-order valence-electron chi connectivity index (χ1n) is 8.25. The van der Waals surface area contributed by atoms with Gasteiger partial charge in [-0.05, 0) is 38.1 Å². The Balaban J connectivity index is 1.67. The number of aromatic amines is 1. The lowest BCUT2D eigenvalue weighted by Crippen LogP contribution is -2.29. The molecule has 1 amide bonds. The first kappa shape index (κ1) is 15.4. The minimum absolute atomic E-state index is 0.134. The van der Waals surface area contributed by atoms with E-state index in [2.05, 4.69) is 10.2 Å². The number of amides is 1. The number of benzene rings is 2. The average Bonchev–Trinajstić information content (AvgIpc) is 3.23. The predicted octanol–water partition coefficient (Wildman–Crippen LogP) is 4.45. The highest BCUT2D eigenvalue weighted by molar-refractivity contribution is 6.04. The number of furan rings is 1. The van der Waals surface area contributed by atoms with E-state index in [1.165, 1.54) is 0 Å². The van der Waals surface area contributed by atoms with E-state index >= 15 is 0 Å². The molecule has 0 spiro atoms.